The molecule has 0 spiro atoms. The van der Waals surface area contributed by atoms with Crippen molar-refractivity contribution in [3.05, 3.63) is 0 Å². The first-order valence-corrected chi connectivity index (χ1v) is 6.12. The molecule has 0 heterocycles. The van der Waals surface area contributed by atoms with E-state index < -0.39 is 36.8 Å². The highest BCUT2D eigenvalue weighted by molar-refractivity contribution is 5.68. The van der Waals surface area contributed by atoms with E-state index in [1.165, 1.54) is 0 Å². The summed E-state index contributed by atoms with van der Waals surface area (Å²) < 4.78 is 28.1. The molecule has 0 unspecified atom stereocenters. The largest absolute Gasteiger partial charge is 0.400 e. The molecule has 0 aromatic rings. The van der Waals surface area contributed by atoms with Crippen molar-refractivity contribution >= 4 is 23.9 Å². The lowest BCUT2D eigenvalue weighted by molar-refractivity contribution is -0.287. The third kappa shape index (κ3) is 11.6. The van der Waals surface area contributed by atoms with E-state index in [0.29, 0.717) is 0 Å². The van der Waals surface area contributed by atoms with E-state index in [1.807, 2.05) is 0 Å². The van der Waals surface area contributed by atoms with Crippen LogP contribution in [0.3, 0.4) is 0 Å². The van der Waals surface area contributed by atoms with E-state index in [2.05, 4.69) is 18.9 Å². The van der Waals surface area contributed by atoms with Gasteiger partial charge in [-0.2, -0.15) is 0 Å². The topological polar surface area (TPSA) is 124 Å². The molecule has 0 aliphatic rings. The highest BCUT2D eigenvalue weighted by Crippen LogP contribution is 2.02. The summed E-state index contributed by atoms with van der Waals surface area (Å²) in [6.07, 6.45) is 0. The maximum atomic E-state index is 10.8. The van der Waals surface area contributed by atoms with Crippen LogP contribution in [0.4, 0.5) is 0 Å². The van der Waals surface area contributed by atoms with Gasteiger partial charge < -0.3 is 28.4 Å². The molecule has 0 N–H and O–H groups in total. The monoisotopic (exact) mass is 322 g/mol. The summed E-state index contributed by atoms with van der Waals surface area (Å²) >= 11 is 0. The van der Waals surface area contributed by atoms with Crippen LogP contribution < -0.4 is 0 Å². The van der Waals surface area contributed by atoms with Crippen LogP contribution >= 0.6 is 0 Å². The Balaban J connectivity index is 4.20. The van der Waals surface area contributed by atoms with Gasteiger partial charge in [0.15, 0.2) is 0 Å². The number of hydrogen-bond donors (Lipinski definition) is 0. The van der Waals surface area contributed by atoms with Crippen LogP contribution in [0.1, 0.15) is 27.7 Å². The van der Waals surface area contributed by atoms with Gasteiger partial charge in [0.25, 0.3) is 0 Å². The van der Waals surface area contributed by atoms with Crippen molar-refractivity contribution < 1.29 is 47.6 Å². The Morgan fingerprint density at radius 2 is 0.818 bits per heavy atom. The molecule has 0 saturated heterocycles. The first kappa shape index (κ1) is 19.8. The van der Waals surface area contributed by atoms with E-state index in [1.54, 1.807) is 0 Å². The van der Waals surface area contributed by atoms with E-state index in [4.69, 9.17) is 9.47 Å². The predicted molar refractivity (Wildman–Crippen MR) is 66.5 cm³/mol. The molecule has 10 heteroatoms. The van der Waals surface area contributed by atoms with Crippen molar-refractivity contribution in [3.8, 4) is 0 Å². The average molecular weight is 322 g/mol. The van der Waals surface area contributed by atoms with E-state index in [9.17, 15) is 19.2 Å². The van der Waals surface area contributed by atoms with Gasteiger partial charge >= 0.3 is 36.8 Å². The number of ether oxygens (including phenoxy) is 6. The highest BCUT2D eigenvalue weighted by Gasteiger charge is 2.18. The minimum absolute atomic E-state index is 0.204. The molecule has 0 aliphatic heterocycles. The van der Waals surface area contributed by atoms with Crippen LogP contribution in [-0.2, 0) is 47.6 Å². The zero-order valence-corrected chi connectivity index (χ0v) is 12.7. The summed E-state index contributed by atoms with van der Waals surface area (Å²) in [6.45, 7) is 0.955. The van der Waals surface area contributed by atoms with Crippen LogP contribution in [0.15, 0.2) is 0 Å². The first-order chi connectivity index (χ1) is 10.2. The average Bonchev–Trinajstić information content (AvgIpc) is 2.31. The van der Waals surface area contributed by atoms with Crippen molar-refractivity contribution in [1.82, 2.24) is 0 Å². The normalized spacial score (nSPS) is 10.3. The number of carbonyl (C=O) groups excluding carboxylic acids is 4. The fourth-order valence-electron chi connectivity index (χ4n) is 1.01. The summed E-state index contributed by atoms with van der Waals surface area (Å²) in [6, 6.07) is 0. The Kier molecular flexibility index (Phi) is 9.46. The molecule has 0 bridgehead atoms. The SMILES string of the molecule is CC(=O)OC(OCCOC(OC(C)=O)OC(C)=O)OC(C)=O. The van der Waals surface area contributed by atoms with Crippen LogP contribution in [0.25, 0.3) is 0 Å². The summed E-state index contributed by atoms with van der Waals surface area (Å²) in [5.41, 5.74) is 0. The molecule has 0 aromatic heterocycles. The summed E-state index contributed by atoms with van der Waals surface area (Å²) in [5, 5.41) is 0. The van der Waals surface area contributed by atoms with Gasteiger partial charge in [-0.25, -0.2) is 0 Å². The Labute approximate surface area is 126 Å². The minimum atomic E-state index is -1.53. The molecule has 0 rings (SSSR count). The molecule has 0 aromatic carbocycles. The third-order valence-corrected chi connectivity index (χ3v) is 1.64. The second-order valence-corrected chi connectivity index (χ2v) is 3.76. The Morgan fingerprint density at radius 1 is 0.591 bits per heavy atom. The first-order valence-electron chi connectivity index (χ1n) is 6.12. The fourth-order valence-corrected chi connectivity index (χ4v) is 1.01. The fraction of sp³-hybridized carbons (Fsp3) is 0.667. The molecule has 0 saturated carbocycles. The summed E-state index contributed by atoms with van der Waals surface area (Å²) in [4.78, 5) is 43.1. The lowest BCUT2D eigenvalue weighted by Gasteiger charge is -2.19. The molecule has 22 heavy (non-hydrogen) atoms. The molecule has 10 nitrogen and oxygen atoms in total. The van der Waals surface area contributed by atoms with Gasteiger partial charge in [0, 0.05) is 27.7 Å². The van der Waals surface area contributed by atoms with Gasteiger partial charge in [0.05, 0.1) is 13.2 Å². The van der Waals surface area contributed by atoms with Gasteiger partial charge in [-0.05, 0) is 0 Å². The maximum absolute atomic E-state index is 10.8. The van der Waals surface area contributed by atoms with Gasteiger partial charge in [-0.3, -0.25) is 19.2 Å². The molecule has 0 radical (unpaired) electrons. The van der Waals surface area contributed by atoms with E-state index in [-0.39, 0.29) is 13.2 Å². The lowest BCUT2D eigenvalue weighted by Crippen LogP contribution is -2.30. The second-order valence-electron chi connectivity index (χ2n) is 3.76. The quantitative estimate of drug-likeness (QED) is 0.321. The number of hydrogen-bond acceptors (Lipinski definition) is 10. The van der Waals surface area contributed by atoms with E-state index >= 15 is 0 Å². The second kappa shape index (κ2) is 10.5. The molecular formula is C12H18O10. The van der Waals surface area contributed by atoms with Gasteiger partial charge in [0.1, 0.15) is 0 Å². The van der Waals surface area contributed by atoms with Gasteiger partial charge in [0.2, 0.25) is 0 Å². The Hall–Kier alpha value is -2.20. The summed E-state index contributed by atoms with van der Waals surface area (Å²) in [7, 11) is 0. The van der Waals surface area contributed by atoms with Crippen LogP contribution in [0.5, 0.6) is 0 Å². The summed E-state index contributed by atoms with van der Waals surface area (Å²) in [5.74, 6) is -2.87. The molecule has 126 valence electrons. The van der Waals surface area contributed by atoms with Crippen molar-refractivity contribution in [3.63, 3.8) is 0 Å². The Bertz CT molecular complexity index is 335. The molecule has 0 aliphatic carbocycles. The van der Waals surface area contributed by atoms with Crippen LogP contribution in [0, 0.1) is 0 Å². The molecular weight excluding hydrogens is 304 g/mol. The third-order valence-electron chi connectivity index (χ3n) is 1.64. The zero-order valence-electron chi connectivity index (χ0n) is 12.7. The zero-order chi connectivity index (χ0) is 17.1. The lowest BCUT2D eigenvalue weighted by atomic mass is 10.7. The predicted octanol–water partition coefficient (Wildman–Crippen LogP) is -0.161. The smallest absolute Gasteiger partial charge is 0.365 e. The van der Waals surface area contributed by atoms with Crippen molar-refractivity contribution in [2.24, 2.45) is 0 Å². The van der Waals surface area contributed by atoms with Crippen molar-refractivity contribution in [1.29, 1.82) is 0 Å². The van der Waals surface area contributed by atoms with Crippen molar-refractivity contribution in [2.45, 2.75) is 40.6 Å². The van der Waals surface area contributed by atoms with Gasteiger partial charge in [-0.15, -0.1) is 0 Å². The van der Waals surface area contributed by atoms with E-state index in [0.717, 1.165) is 27.7 Å². The Morgan fingerprint density at radius 3 is 1.00 bits per heavy atom. The number of rotatable bonds is 9. The van der Waals surface area contributed by atoms with Crippen LogP contribution in [0.2, 0.25) is 0 Å². The van der Waals surface area contributed by atoms with Crippen molar-refractivity contribution in [2.75, 3.05) is 13.2 Å². The van der Waals surface area contributed by atoms with Gasteiger partial charge in [-0.1, -0.05) is 0 Å². The minimum Gasteiger partial charge on any atom is -0.400 e. The van der Waals surface area contributed by atoms with Crippen LogP contribution in [-0.4, -0.2) is 50.0 Å². The molecule has 0 atom stereocenters. The number of esters is 4. The number of carbonyl (C=O) groups is 4. The maximum Gasteiger partial charge on any atom is 0.365 e. The molecule has 0 amide bonds. The molecule has 0 fully saturated rings. The standard InChI is InChI=1S/C12H18O10/c1-7(13)19-11(20-8(2)14)17-5-6-18-12(21-9(3)15)22-10(4)16/h11-12H,5-6H2,1-4H3. The highest BCUT2D eigenvalue weighted by atomic mass is 16.9.